The number of carbonyl (C=O) groups excluding carboxylic acids is 1. The Morgan fingerprint density at radius 2 is 1.83 bits per heavy atom. The van der Waals surface area contributed by atoms with E-state index in [1.165, 1.54) is 12.1 Å². The van der Waals surface area contributed by atoms with Gasteiger partial charge in [0.05, 0.1) is 10.1 Å². The largest absolute Gasteiger partial charge is 0.323 e. The molecule has 1 saturated carbocycles. The van der Waals surface area contributed by atoms with Crippen LogP contribution in [0.15, 0.2) is 29.2 Å². The fourth-order valence-electron chi connectivity index (χ4n) is 3.92. The van der Waals surface area contributed by atoms with Crippen LogP contribution in [0.3, 0.4) is 0 Å². The van der Waals surface area contributed by atoms with Gasteiger partial charge in [-0.15, -0.1) is 0 Å². The fourth-order valence-corrected chi connectivity index (χ4v) is 5.61. The lowest BCUT2D eigenvalue weighted by molar-refractivity contribution is 0.160. The second-order valence-corrected chi connectivity index (χ2v) is 9.01. The molecule has 0 aromatic heterocycles. The average molecular weight is 338 g/mol. The molecule has 4 aliphatic rings. The molecule has 124 valence electrons. The summed E-state index contributed by atoms with van der Waals surface area (Å²) in [7, 11) is -3.53. The Labute approximate surface area is 135 Å². The van der Waals surface area contributed by atoms with Gasteiger partial charge >= 0.3 is 6.03 Å². The predicted molar refractivity (Wildman–Crippen MR) is 82.2 cm³/mol. The first kappa shape index (κ1) is 14.9. The van der Waals surface area contributed by atoms with E-state index in [4.69, 9.17) is 0 Å². The summed E-state index contributed by atoms with van der Waals surface area (Å²) in [6, 6.07) is 5.24. The monoisotopic (exact) mass is 338 g/mol. The molecule has 1 unspecified atom stereocenters. The first-order valence-corrected chi connectivity index (χ1v) is 9.55. The number of amides is 2. The smallest absolute Gasteiger partial charge is 0.320 e. The van der Waals surface area contributed by atoms with Crippen LogP contribution in [-0.4, -0.2) is 55.2 Å². The number of benzene rings is 1. The van der Waals surface area contributed by atoms with Crippen molar-refractivity contribution in [1.82, 2.24) is 9.80 Å². The molecule has 1 aromatic carbocycles. The summed E-state index contributed by atoms with van der Waals surface area (Å²) in [5.74, 6) is 0.186. The third-order valence-corrected chi connectivity index (χ3v) is 7.54. The molecule has 0 N–H and O–H groups in total. The van der Waals surface area contributed by atoms with E-state index in [2.05, 4.69) is 0 Å². The van der Waals surface area contributed by atoms with Gasteiger partial charge in [0.1, 0.15) is 5.82 Å². The van der Waals surface area contributed by atoms with Gasteiger partial charge in [0, 0.05) is 25.7 Å². The third kappa shape index (κ3) is 2.41. The first-order chi connectivity index (χ1) is 10.9. The zero-order valence-corrected chi connectivity index (χ0v) is 13.5. The van der Waals surface area contributed by atoms with Crippen molar-refractivity contribution in [2.45, 2.75) is 35.4 Å². The second kappa shape index (κ2) is 5.19. The SMILES string of the molecule is O=C(N1CCC(S(=O)(=O)c2ccc(F)cc2)C1)N1CC2CC1C2. The Morgan fingerprint density at radius 3 is 2.43 bits per heavy atom. The van der Waals surface area contributed by atoms with Gasteiger partial charge in [-0.05, 0) is 49.4 Å². The van der Waals surface area contributed by atoms with Crippen LogP contribution >= 0.6 is 0 Å². The molecule has 1 aromatic rings. The van der Waals surface area contributed by atoms with Gasteiger partial charge in [-0.3, -0.25) is 0 Å². The average Bonchev–Trinajstić information content (AvgIpc) is 3.21. The number of halogens is 1. The van der Waals surface area contributed by atoms with Crippen LogP contribution in [0, 0.1) is 11.7 Å². The van der Waals surface area contributed by atoms with E-state index in [0.717, 1.165) is 31.5 Å². The molecule has 1 aliphatic carbocycles. The highest BCUT2D eigenvalue weighted by molar-refractivity contribution is 7.92. The summed E-state index contributed by atoms with van der Waals surface area (Å²) in [4.78, 5) is 16.2. The minimum Gasteiger partial charge on any atom is -0.323 e. The van der Waals surface area contributed by atoms with Crippen LogP contribution in [0.25, 0.3) is 0 Å². The van der Waals surface area contributed by atoms with Crippen molar-refractivity contribution in [2.75, 3.05) is 19.6 Å². The molecule has 4 fully saturated rings. The summed E-state index contributed by atoms with van der Waals surface area (Å²) in [6.07, 6.45) is 2.63. The van der Waals surface area contributed by atoms with Crippen molar-refractivity contribution in [2.24, 2.45) is 5.92 Å². The third-order valence-electron chi connectivity index (χ3n) is 5.35. The van der Waals surface area contributed by atoms with Crippen LogP contribution in [0.4, 0.5) is 9.18 Å². The number of rotatable bonds is 2. The van der Waals surface area contributed by atoms with Crippen molar-refractivity contribution in [3.05, 3.63) is 30.1 Å². The lowest BCUT2D eigenvalue weighted by Crippen LogP contribution is -2.44. The Bertz CT molecular complexity index is 728. The van der Waals surface area contributed by atoms with Crippen LogP contribution < -0.4 is 0 Å². The Kier molecular flexibility index (Phi) is 3.37. The summed E-state index contributed by atoms with van der Waals surface area (Å²) >= 11 is 0. The summed E-state index contributed by atoms with van der Waals surface area (Å²) in [6.45, 7) is 1.51. The summed E-state index contributed by atoms with van der Waals surface area (Å²) in [5.41, 5.74) is 0. The summed E-state index contributed by atoms with van der Waals surface area (Å²) < 4.78 is 38.2. The van der Waals surface area contributed by atoms with Crippen LogP contribution in [0.2, 0.25) is 0 Å². The van der Waals surface area contributed by atoms with E-state index in [1.807, 2.05) is 4.90 Å². The first-order valence-electron chi connectivity index (χ1n) is 8.00. The van der Waals surface area contributed by atoms with E-state index in [0.29, 0.717) is 24.9 Å². The molecule has 3 heterocycles. The highest BCUT2D eigenvalue weighted by Crippen LogP contribution is 2.41. The molecular weight excluding hydrogens is 319 g/mol. The molecule has 3 saturated heterocycles. The van der Waals surface area contributed by atoms with E-state index in [1.54, 1.807) is 4.90 Å². The maximum absolute atomic E-state index is 13.0. The number of hydrogen-bond donors (Lipinski definition) is 0. The second-order valence-electron chi connectivity index (χ2n) is 6.78. The van der Waals surface area contributed by atoms with Gasteiger partial charge in [-0.25, -0.2) is 17.6 Å². The van der Waals surface area contributed by atoms with Crippen molar-refractivity contribution >= 4 is 15.9 Å². The van der Waals surface area contributed by atoms with Crippen LogP contribution in [0.5, 0.6) is 0 Å². The highest BCUT2D eigenvalue weighted by atomic mass is 32.2. The fraction of sp³-hybridized carbons (Fsp3) is 0.562. The molecule has 23 heavy (non-hydrogen) atoms. The van der Waals surface area contributed by atoms with E-state index >= 15 is 0 Å². The predicted octanol–water partition coefficient (Wildman–Crippen LogP) is 1.89. The van der Waals surface area contributed by atoms with Gasteiger partial charge in [0.2, 0.25) is 0 Å². The Balaban J connectivity index is 1.47. The number of likely N-dealkylation sites (tertiary alicyclic amines) is 1. The lowest BCUT2D eigenvalue weighted by atomic mass is 9.86. The normalized spacial score (nSPS) is 29.7. The zero-order chi connectivity index (χ0) is 16.2. The number of carbonyl (C=O) groups is 1. The van der Waals surface area contributed by atoms with E-state index in [-0.39, 0.29) is 17.5 Å². The summed E-state index contributed by atoms with van der Waals surface area (Å²) in [5, 5.41) is -0.602. The highest BCUT2D eigenvalue weighted by Gasteiger charge is 2.47. The molecule has 5 nitrogen and oxygen atoms in total. The van der Waals surface area contributed by atoms with Crippen molar-refractivity contribution in [3.63, 3.8) is 0 Å². The molecule has 5 rings (SSSR count). The number of nitrogens with zero attached hydrogens (tertiary/aromatic N) is 2. The van der Waals surface area contributed by atoms with Crippen molar-refractivity contribution < 1.29 is 17.6 Å². The number of fused-ring (bicyclic) bond motifs is 1. The van der Waals surface area contributed by atoms with E-state index < -0.39 is 20.9 Å². The Hall–Kier alpha value is -1.63. The van der Waals surface area contributed by atoms with Gasteiger partial charge in [-0.2, -0.15) is 0 Å². The molecule has 1 atom stereocenters. The van der Waals surface area contributed by atoms with Gasteiger partial charge < -0.3 is 9.80 Å². The van der Waals surface area contributed by atoms with Crippen LogP contribution in [0.1, 0.15) is 19.3 Å². The van der Waals surface area contributed by atoms with Crippen LogP contribution in [-0.2, 0) is 9.84 Å². The molecule has 2 amide bonds. The molecule has 3 aliphatic heterocycles. The lowest BCUT2D eigenvalue weighted by Gasteiger charge is -2.29. The number of sulfone groups is 1. The molecule has 0 spiro atoms. The van der Waals surface area contributed by atoms with Crippen molar-refractivity contribution in [3.8, 4) is 0 Å². The molecule has 0 radical (unpaired) electrons. The molecule has 7 heteroatoms. The van der Waals surface area contributed by atoms with Gasteiger partial charge in [0.25, 0.3) is 0 Å². The number of urea groups is 1. The van der Waals surface area contributed by atoms with Crippen molar-refractivity contribution in [1.29, 1.82) is 0 Å². The zero-order valence-electron chi connectivity index (χ0n) is 12.7. The maximum atomic E-state index is 13.0. The maximum Gasteiger partial charge on any atom is 0.320 e. The standard InChI is InChI=1S/C16H19FN2O3S/c17-12-1-3-14(4-2-12)23(21,22)15-5-6-18(10-15)16(20)19-9-11-7-13(19)8-11/h1-4,11,13,15H,5-10H2. The minimum atomic E-state index is -3.53. The molecule has 2 bridgehead atoms. The minimum absolute atomic E-state index is 0.0215. The Morgan fingerprint density at radius 1 is 1.13 bits per heavy atom. The van der Waals surface area contributed by atoms with Gasteiger partial charge in [-0.1, -0.05) is 0 Å². The van der Waals surface area contributed by atoms with E-state index in [9.17, 15) is 17.6 Å². The quantitative estimate of drug-likeness (QED) is 0.774. The molecular formula is C16H19FN2O3S. The topological polar surface area (TPSA) is 57.7 Å². The number of hydrogen-bond acceptors (Lipinski definition) is 3. The van der Waals surface area contributed by atoms with Gasteiger partial charge in [0.15, 0.2) is 9.84 Å².